The van der Waals surface area contributed by atoms with E-state index in [1.807, 2.05) is 0 Å². The number of carbonyl (C=O) groups excluding carboxylic acids is 2. The third-order valence-corrected chi connectivity index (χ3v) is 3.97. The van der Waals surface area contributed by atoms with Crippen molar-refractivity contribution in [2.24, 2.45) is 0 Å². The Morgan fingerprint density at radius 2 is 2.00 bits per heavy atom. The van der Waals surface area contributed by atoms with Gasteiger partial charge >= 0.3 is 5.97 Å². The van der Waals surface area contributed by atoms with Crippen LogP contribution in [0.5, 0.6) is 0 Å². The second kappa shape index (κ2) is 6.93. The van der Waals surface area contributed by atoms with Crippen molar-refractivity contribution in [2.75, 3.05) is 5.73 Å². The number of halogens is 1. The van der Waals surface area contributed by atoms with Crippen LogP contribution < -0.4 is 11.1 Å². The van der Waals surface area contributed by atoms with E-state index in [1.54, 1.807) is 19.1 Å². The van der Waals surface area contributed by atoms with Crippen molar-refractivity contribution in [3.8, 4) is 0 Å². The second-order valence-corrected chi connectivity index (χ2v) is 6.23. The summed E-state index contributed by atoms with van der Waals surface area (Å²) in [6, 6.07) is 5.03. The summed E-state index contributed by atoms with van der Waals surface area (Å²) in [4.78, 5) is 24.0. The first-order chi connectivity index (χ1) is 9.95. The lowest BCUT2D eigenvalue weighted by Gasteiger charge is -2.17. The van der Waals surface area contributed by atoms with E-state index in [9.17, 15) is 9.59 Å². The van der Waals surface area contributed by atoms with Crippen molar-refractivity contribution >= 4 is 33.5 Å². The summed E-state index contributed by atoms with van der Waals surface area (Å²) < 4.78 is 5.88. The highest BCUT2D eigenvalue weighted by atomic mass is 79.9. The van der Waals surface area contributed by atoms with Crippen LogP contribution in [-0.4, -0.2) is 24.0 Å². The van der Waals surface area contributed by atoms with Crippen LogP contribution in [0.1, 0.15) is 43.0 Å². The lowest BCUT2D eigenvalue weighted by atomic mass is 10.2. The zero-order chi connectivity index (χ0) is 15.4. The van der Waals surface area contributed by atoms with Crippen LogP contribution in [0.3, 0.4) is 0 Å². The Hall–Kier alpha value is -1.56. The smallest absolute Gasteiger partial charge is 0.339 e. The fourth-order valence-electron chi connectivity index (χ4n) is 2.40. The number of hydrogen-bond donors (Lipinski definition) is 2. The fourth-order valence-corrected chi connectivity index (χ4v) is 2.91. The Morgan fingerprint density at radius 1 is 1.33 bits per heavy atom. The molecule has 0 aliphatic heterocycles. The second-order valence-electron chi connectivity index (χ2n) is 5.31. The number of benzene rings is 1. The minimum Gasteiger partial charge on any atom is -0.449 e. The molecule has 1 fully saturated rings. The number of anilines is 1. The van der Waals surface area contributed by atoms with Crippen LogP contribution in [0.25, 0.3) is 0 Å². The summed E-state index contributed by atoms with van der Waals surface area (Å²) in [6.07, 6.45) is 3.44. The average molecular weight is 355 g/mol. The summed E-state index contributed by atoms with van der Waals surface area (Å²) in [5.74, 6) is -0.810. The van der Waals surface area contributed by atoms with Crippen LogP contribution in [0.15, 0.2) is 22.7 Å². The van der Waals surface area contributed by atoms with E-state index >= 15 is 0 Å². The van der Waals surface area contributed by atoms with Gasteiger partial charge in [-0.3, -0.25) is 4.79 Å². The van der Waals surface area contributed by atoms with Crippen molar-refractivity contribution < 1.29 is 14.3 Å². The van der Waals surface area contributed by atoms with Gasteiger partial charge in [0.2, 0.25) is 0 Å². The molecule has 1 atom stereocenters. The summed E-state index contributed by atoms with van der Waals surface area (Å²) in [7, 11) is 0. The Labute approximate surface area is 132 Å². The number of esters is 1. The first-order valence-electron chi connectivity index (χ1n) is 7.03. The maximum Gasteiger partial charge on any atom is 0.339 e. The van der Waals surface area contributed by atoms with E-state index in [0.29, 0.717) is 15.7 Å². The van der Waals surface area contributed by atoms with Gasteiger partial charge in [-0.2, -0.15) is 0 Å². The van der Waals surface area contributed by atoms with E-state index in [4.69, 9.17) is 10.5 Å². The molecule has 1 amide bonds. The third kappa shape index (κ3) is 4.46. The SMILES string of the molecule is CC(OC(=O)c1cc(N)cc(Br)c1)C(=O)NC1CCCC1. The van der Waals surface area contributed by atoms with Gasteiger partial charge < -0.3 is 15.8 Å². The molecule has 0 aromatic heterocycles. The predicted octanol–water partition coefficient (Wildman–Crippen LogP) is 2.64. The van der Waals surface area contributed by atoms with E-state index in [0.717, 1.165) is 25.7 Å². The quantitative estimate of drug-likeness (QED) is 0.643. The lowest BCUT2D eigenvalue weighted by molar-refractivity contribution is -0.129. The number of amides is 1. The molecule has 21 heavy (non-hydrogen) atoms. The first kappa shape index (κ1) is 15.8. The molecular weight excluding hydrogens is 336 g/mol. The molecule has 6 heteroatoms. The largest absolute Gasteiger partial charge is 0.449 e. The Morgan fingerprint density at radius 3 is 2.62 bits per heavy atom. The van der Waals surface area contributed by atoms with Crippen molar-refractivity contribution in [1.82, 2.24) is 5.32 Å². The molecule has 1 unspecified atom stereocenters. The van der Waals surface area contributed by atoms with Crippen molar-refractivity contribution in [2.45, 2.75) is 44.8 Å². The highest BCUT2D eigenvalue weighted by Crippen LogP contribution is 2.19. The summed E-state index contributed by atoms with van der Waals surface area (Å²) in [5, 5.41) is 2.91. The minimum absolute atomic E-state index is 0.208. The minimum atomic E-state index is -0.821. The number of nitrogens with two attached hydrogens (primary N) is 1. The molecule has 114 valence electrons. The topological polar surface area (TPSA) is 81.4 Å². The molecule has 0 spiro atoms. The van der Waals surface area contributed by atoms with Crippen LogP contribution in [-0.2, 0) is 9.53 Å². The molecule has 1 aliphatic carbocycles. The number of carbonyl (C=O) groups is 2. The van der Waals surface area contributed by atoms with Crippen LogP contribution in [0.4, 0.5) is 5.69 Å². The van der Waals surface area contributed by atoms with Gasteiger partial charge in [-0.05, 0) is 38.0 Å². The molecule has 0 heterocycles. The molecule has 0 bridgehead atoms. The lowest BCUT2D eigenvalue weighted by Crippen LogP contribution is -2.40. The third-order valence-electron chi connectivity index (χ3n) is 3.51. The van der Waals surface area contributed by atoms with Crippen LogP contribution >= 0.6 is 15.9 Å². The van der Waals surface area contributed by atoms with E-state index < -0.39 is 12.1 Å². The van der Waals surface area contributed by atoms with Crippen molar-refractivity contribution in [3.05, 3.63) is 28.2 Å². The van der Waals surface area contributed by atoms with Gasteiger partial charge in [0.25, 0.3) is 5.91 Å². The summed E-state index contributed by atoms with van der Waals surface area (Å²) in [5.41, 5.74) is 6.46. The fraction of sp³-hybridized carbons (Fsp3) is 0.467. The van der Waals surface area contributed by atoms with Crippen LogP contribution in [0.2, 0.25) is 0 Å². The van der Waals surface area contributed by atoms with Gasteiger partial charge in [-0.1, -0.05) is 28.8 Å². The standard InChI is InChI=1S/C15H19BrN2O3/c1-9(14(19)18-13-4-2-3-5-13)21-15(20)10-6-11(16)8-12(17)7-10/h6-9,13H,2-5,17H2,1H3,(H,18,19). The van der Waals surface area contributed by atoms with Gasteiger partial charge in [0.15, 0.2) is 6.10 Å². The molecule has 1 aliphatic rings. The first-order valence-corrected chi connectivity index (χ1v) is 7.82. The predicted molar refractivity (Wildman–Crippen MR) is 83.8 cm³/mol. The normalized spacial score (nSPS) is 16.5. The molecule has 0 saturated heterocycles. The molecule has 0 radical (unpaired) electrons. The Bertz CT molecular complexity index is 521. The molecule has 1 aromatic carbocycles. The average Bonchev–Trinajstić information content (AvgIpc) is 2.90. The van der Waals surface area contributed by atoms with Crippen molar-refractivity contribution in [3.63, 3.8) is 0 Å². The maximum absolute atomic E-state index is 12.0. The molecule has 1 aromatic rings. The Balaban J connectivity index is 1.93. The van der Waals surface area contributed by atoms with E-state index in [2.05, 4.69) is 21.2 Å². The monoisotopic (exact) mass is 354 g/mol. The molecule has 1 saturated carbocycles. The molecular formula is C15H19BrN2O3. The van der Waals surface area contributed by atoms with Crippen LogP contribution in [0, 0.1) is 0 Å². The van der Waals surface area contributed by atoms with Gasteiger partial charge in [0.05, 0.1) is 5.56 Å². The summed E-state index contributed by atoms with van der Waals surface area (Å²) in [6.45, 7) is 1.57. The van der Waals surface area contributed by atoms with Gasteiger partial charge in [-0.25, -0.2) is 4.79 Å². The zero-order valence-corrected chi connectivity index (χ0v) is 13.5. The molecule has 3 N–H and O–H groups in total. The van der Waals surface area contributed by atoms with Gasteiger partial charge in [-0.15, -0.1) is 0 Å². The summed E-state index contributed by atoms with van der Waals surface area (Å²) >= 11 is 3.27. The van der Waals surface area contributed by atoms with Gasteiger partial charge in [0.1, 0.15) is 0 Å². The number of hydrogen-bond acceptors (Lipinski definition) is 4. The number of ether oxygens (including phenoxy) is 1. The van der Waals surface area contributed by atoms with E-state index in [1.165, 1.54) is 6.07 Å². The van der Waals surface area contributed by atoms with Gasteiger partial charge in [0, 0.05) is 16.2 Å². The highest BCUT2D eigenvalue weighted by molar-refractivity contribution is 9.10. The zero-order valence-electron chi connectivity index (χ0n) is 11.9. The molecule has 5 nitrogen and oxygen atoms in total. The Kier molecular flexibility index (Phi) is 5.22. The number of rotatable bonds is 4. The highest BCUT2D eigenvalue weighted by Gasteiger charge is 2.23. The molecule has 2 rings (SSSR count). The van der Waals surface area contributed by atoms with E-state index in [-0.39, 0.29) is 11.9 Å². The maximum atomic E-state index is 12.0. The number of nitrogens with one attached hydrogen (secondary N) is 1. The number of nitrogen functional groups attached to an aromatic ring is 1. The van der Waals surface area contributed by atoms with Crippen molar-refractivity contribution in [1.29, 1.82) is 0 Å².